The van der Waals surface area contributed by atoms with Gasteiger partial charge in [0.15, 0.2) is 0 Å². The van der Waals surface area contributed by atoms with E-state index in [1.807, 2.05) is 31.4 Å². The minimum absolute atomic E-state index is 0.0507. The van der Waals surface area contributed by atoms with Crippen molar-refractivity contribution in [1.82, 2.24) is 15.3 Å². The Morgan fingerprint density at radius 3 is 2.52 bits per heavy atom. The van der Waals surface area contributed by atoms with Crippen molar-refractivity contribution in [3.63, 3.8) is 0 Å². The molecule has 0 aromatic carbocycles. The van der Waals surface area contributed by atoms with E-state index >= 15 is 0 Å². The van der Waals surface area contributed by atoms with Crippen molar-refractivity contribution in [1.29, 1.82) is 0 Å². The van der Waals surface area contributed by atoms with Gasteiger partial charge in [-0.05, 0) is 46.8 Å². The molecule has 2 rings (SSSR count). The molecule has 0 saturated carbocycles. The summed E-state index contributed by atoms with van der Waals surface area (Å²) in [5, 5.41) is 6.48. The normalized spacial score (nSPS) is 11.7. The van der Waals surface area contributed by atoms with Crippen LogP contribution in [0.4, 0.5) is 0 Å². The van der Waals surface area contributed by atoms with Gasteiger partial charge in [0, 0.05) is 28.9 Å². The molecule has 5 heteroatoms. The molecule has 0 atom stereocenters. The lowest BCUT2D eigenvalue weighted by molar-refractivity contribution is 0.297. The summed E-state index contributed by atoms with van der Waals surface area (Å²) in [6, 6.07) is 3.96. The standard InChI is InChI=1S/C16H23N3OS/c1-11-6-7-14(13(18-11)8-17-16(3,4)5)20-9-15-19-12(2)10-21-15/h6-7,10,17H,8-9H2,1-5H3. The van der Waals surface area contributed by atoms with Crippen LogP contribution in [0.2, 0.25) is 0 Å². The van der Waals surface area contributed by atoms with Crippen LogP contribution >= 0.6 is 11.3 Å². The van der Waals surface area contributed by atoms with Crippen molar-refractivity contribution in [3.05, 3.63) is 39.6 Å². The minimum Gasteiger partial charge on any atom is -0.484 e. The fourth-order valence-corrected chi connectivity index (χ4v) is 2.50. The predicted octanol–water partition coefficient (Wildman–Crippen LogP) is 3.62. The van der Waals surface area contributed by atoms with Gasteiger partial charge in [0.25, 0.3) is 0 Å². The maximum absolute atomic E-state index is 5.90. The number of nitrogens with zero attached hydrogens (tertiary/aromatic N) is 2. The summed E-state index contributed by atoms with van der Waals surface area (Å²) in [7, 11) is 0. The number of thiazole rings is 1. The van der Waals surface area contributed by atoms with Crippen LogP contribution in [0, 0.1) is 13.8 Å². The molecule has 0 radical (unpaired) electrons. The first-order valence-electron chi connectivity index (χ1n) is 7.09. The van der Waals surface area contributed by atoms with Gasteiger partial charge in [-0.15, -0.1) is 11.3 Å². The summed E-state index contributed by atoms with van der Waals surface area (Å²) in [6.07, 6.45) is 0. The lowest BCUT2D eigenvalue weighted by Gasteiger charge is -2.21. The second-order valence-electron chi connectivity index (χ2n) is 6.17. The summed E-state index contributed by atoms with van der Waals surface area (Å²) in [5.41, 5.74) is 3.03. The van der Waals surface area contributed by atoms with E-state index in [4.69, 9.17) is 4.74 Å². The Kier molecular flexibility index (Phi) is 4.96. The Bertz CT molecular complexity index is 602. The van der Waals surface area contributed by atoms with Gasteiger partial charge < -0.3 is 10.1 Å². The third-order valence-electron chi connectivity index (χ3n) is 2.88. The van der Waals surface area contributed by atoms with Gasteiger partial charge >= 0.3 is 0 Å². The van der Waals surface area contributed by atoms with Crippen LogP contribution in [0.1, 0.15) is 42.9 Å². The van der Waals surface area contributed by atoms with Crippen LogP contribution in [0.15, 0.2) is 17.5 Å². The highest BCUT2D eigenvalue weighted by atomic mass is 32.1. The molecule has 0 spiro atoms. The number of rotatable bonds is 5. The summed E-state index contributed by atoms with van der Waals surface area (Å²) in [6.45, 7) is 11.6. The number of pyridine rings is 1. The molecule has 21 heavy (non-hydrogen) atoms. The van der Waals surface area contributed by atoms with Gasteiger partial charge in [-0.2, -0.15) is 0 Å². The molecule has 0 bridgehead atoms. The minimum atomic E-state index is 0.0507. The topological polar surface area (TPSA) is 47.0 Å². The quantitative estimate of drug-likeness (QED) is 0.916. The molecule has 4 nitrogen and oxygen atoms in total. The summed E-state index contributed by atoms with van der Waals surface area (Å²) in [5.74, 6) is 0.824. The van der Waals surface area contributed by atoms with E-state index in [9.17, 15) is 0 Å². The Morgan fingerprint density at radius 1 is 1.14 bits per heavy atom. The highest BCUT2D eigenvalue weighted by molar-refractivity contribution is 7.09. The number of hydrogen-bond donors (Lipinski definition) is 1. The van der Waals surface area contributed by atoms with Crippen LogP contribution in [0.5, 0.6) is 5.75 Å². The number of ether oxygens (including phenoxy) is 1. The van der Waals surface area contributed by atoms with Crippen molar-refractivity contribution >= 4 is 11.3 Å². The molecule has 2 aromatic rings. The first kappa shape index (κ1) is 15.9. The number of aromatic nitrogens is 2. The second kappa shape index (κ2) is 6.54. The number of hydrogen-bond acceptors (Lipinski definition) is 5. The number of nitrogens with one attached hydrogen (secondary N) is 1. The lowest BCUT2D eigenvalue weighted by atomic mass is 10.1. The van der Waals surface area contributed by atoms with Crippen molar-refractivity contribution in [3.8, 4) is 5.75 Å². The first-order chi connectivity index (χ1) is 9.83. The Labute approximate surface area is 130 Å². The molecule has 2 heterocycles. The van der Waals surface area contributed by atoms with Crippen molar-refractivity contribution < 1.29 is 4.74 Å². The average molecular weight is 305 g/mol. The Balaban J connectivity index is 2.07. The third kappa shape index (κ3) is 5.10. The lowest BCUT2D eigenvalue weighted by Crippen LogP contribution is -2.35. The van der Waals surface area contributed by atoms with E-state index in [-0.39, 0.29) is 5.54 Å². The molecule has 0 saturated heterocycles. The Hall–Kier alpha value is -1.46. The van der Waals surface area contributed by atoms with Gasteiger partial charge in [0.2, 0.25) is 0 Å². The number of aryl methyl sites for hydroxylation is 2. The predicted molar refractivity (Wildman–Crippen MR) is 86.7 cm³/mol. The smallest absolute Gasteiger partial charge is 0.142 e. The first-order valence-corrected chi connectivity index (χ1v) is 7.97. The van der Waals surface area contributed by atoms with E-state index in [1.165, 1.54) is 0 Å². The molecule has 1 N–H and O–H groups in total. The molecule has 0 aliphatic rings. The molecule has 2 aromatic heterocycles. The Morgan fingerprint density at radius 2 is 1.90 bits per heavy atom. The SMILES string of the molecule is Cc1csc(COc2ccc(C)nc2CNC(C)(C)C)n1. The fraction of sp³-hybridized carbons (Fsp3) is 0.500. The largest absolute Gasteiger partial charge is 0.484 e. The monoisotopic (exact) mass is 305 g/mol. The molecule has 0 amide bonds. The molecule has 0 aliphatic heterocycles. The van der Waals surface area contributed by atoms with Crippen LogP contribution in [-0.4, -0.2) is 15.5 Å². The maximum Gasteiger partial charge on any atom is 0.142 e. The zero-order valence-corrected chi connectivity index (χ0v) is 14.2. The average Bonchev–Trinajstić information content (AvgIpc) is 2.80. The maximum atomic E-state index is 5.90. The van der Waals surface area contributed by atoms with E-state index in [1.54, 1.807) is 11.3 Å². The van der Waals surface area contributed by atoms with Crippen molar-refractivity contribution in [2.45, 2.75) is 53.3 Å². The van der Waals surface area contributed by atoms with Crippen LogP contribution in [0.25, 0.3) is 0 Å². The zero-order valence-electron chi connectivity index (χ0n) is 13.4. The molecule has 0 aliphatic carbocycles. The second-order valence-corrected chi connectivity index (χ2v) is 7.11. The molecular weight excluding hydrogens is 282 g/mol. The van der Waals surface area contributed by atoms with Crippen molar-refractivity contribution in [2.24, 2.45) is 0 Å². The highest BCUT2D eigenvalue weighted by Gasteiger charge is 2.13. The van der Waals surface area contributed by atoms with E-state index in [2.05, 4.69) is 36.1 Å². The van der Waals surface area contributed by atoms with Gasteiger partial charge in [-0.25, -0.2) is 4.98 Å². The molecular formula is C16H23N3OS. The molecule has 0 unspecified atom stereocenters. The zero-order chi connectivity index (χ0) is 15.5. The third-order valence-corrected chi connectivity index (χ3v) is 3.82. The molecule has 0 fully saturated rings. The summed E-state index contributed by atoms with van der Waals surface area (Å²) in [4.78, 5) is 9.00. The van der Waals surface area contributed by atoms with Crippen LogP contribution in [-0.2, 0) is 13.2 Å². The molecule has 114 valence electrons. The fourth-order valence-electron chi connectivity index (χ4n) is 1.81. The van der Waals surface area contributed by atoms with E-state index in [0.717, 1.165) is 27.8 Å². The van der Waals surface area contributed by atoms with Crippen molar-refractivity contribution in [2.75, 3.05) is 0 Å². The van der Waals surface area contributed by atoms with E-state index in [0.29, 0.717) is 13.2 Å². The van der Waals surface area contributed by atoms with Gasteiger partial charge in [0.1, 0.15) is 17.4 Å². The summed E-state index contributed by atoms with van der Waals surface area (Å²) >= 11 is 1.62. The van der Waals surface area contributed by atoms with E-state index < -0.39 is 0 Å². The summed E-state index contributed by atoms with van der Waals surface area (Å²) < 4.78 is 5.90. The van der Waals surface area contributed by atoms with Crippen LogP contribution in [0.3, 0.4) is 0 Å². The van der Waals surface area contributed by atoms with Gasteiger partial charge in [-0.3, -0.25) is 4.98 Å². The van der Waals surface area contributed by atoms with Gasteiger partial charge in [-0.1, -0.05) is 0 Å². The highest BCUT2D eigenvalue weighted by Crippen LogP contribution is 2.20. The van der Waals surface area contributed by atoms with Crippen LogP contribution < -0.4 is 10.1 Å². The van der Waals surface area contributed by atoms with Gasteiger partial charge in [0.05, 0.1) is 5.69 Å².